The summed E-state index contributed by atoms with van der Waals surface area (Å²) in [5.41, 5.74) is 1.17. The monoisotopic (exact) mass is 267 g/mol. The SMILES string of the molecule is COc1ccc(C(C)Nc2n[nH]c(=S)s2)cc1. The Hall–Kier alpha value is -1.40. The number of methoxy groups -OCH3 is 1. The Balaban J connectivity index is 2.08. The molecule has 2 rings (SSSR count). The molecule has 4 nitrogen and oxygen atoms in total. The average Bonchev–Trinajstić information content (AvgIpc) is 2.75. The molecule has 1 atom stereocenters. The van der Waals surface area contributed by atoms with Crippen molar-refractivity contribution < 1.29 is 4.74 Å². The van der Waals surface area contributed by atoms with Crippen LogP contribution in [-0.2, 0) is 0 Å². The number of aromatic amines is 1. The number of H-pyrrole nitrogens is 1. The molecule has 2 aromatic rings. The van der Waals surface area contributed by atoms with E-state index < -0.39 is 0 Å². The number of nitrogens with zero attached hydrogens (tertiary/aromatic N) is 1. The Morgan fingerprint density at radius 1 is 1.41 bits per heavy atom. The quantitative estimate of drug-likeness (QED) is 0.834. The number of anilines is 1. The fourth-order valence-corrected chi connectivity index (χ4v) is 2.33. The zero-order valence-corrected chi connectivity index (χ0v) is 11.2. The van der Waals surface area contributed by atoms with Crippen LogP contribution in [0.3, 0.4) is 0 Å². The van der Waals surface area contributed by atoms with Crippen LogP contribution in [0.15, 0.2) is 24.3 Å². The second kappa shape index (κ2) is 5.29. The molecule has 2 N–H and O–H groups in total. The molecule has 1 unspecified atom stereocenters. The average molecular weight is 267 g/mol. The summed E-state index contributed by atoms with van der Waals surface area (Å²) in [6.07, 6.45) is 0. The highest BCUT2D eigenvalue weighted by Gasteiger charge is 2.07. The van der Waals surface area contributed by atoms with E-state index in [9.17, 15) is 0 Å². The molecule has 0 saturated carbocycles. The van der Waals surface area contributed by atoms with E-state index in [1.54, 1.807) is 7.11 Å². The summed E-state index contributed by atoms with van der Waals surface area (Å²) >= 11 is 6.41. The van der Waals surface area contributed by atoms with Gasteiger partial charge in [0.15, 0.2) is 3.95 Å². The number of ether oxygens (including phenoxy) is 1. The second-order valence-corrected chi connectivity index (χ2v) is 5.22. The minimum Gasteiger partial charge on any atom is -0.497 e. The molecule has 1 aromatic heterocycles. The lowest BCUT2D eigenvalue weighted by atomic mass is 10.1. The normalized spacial score (nSPS) is 12.1. The van der Waals surface area contributed by atoms with Crippen LogP contribution in [0.2, 0.25) is 0 Å². The van der Waals surface area contributed by atoms with Crippen LogP contribution in [0.1, 0.15) is 18.5 Å². The predicted octanol–water partition coefficient (Wildman–Crippen LogP) is 3.38. The summed E-state index contributed by atoms with van der Waals surface area (Å²) in [5.74, 6) is 0.858. The van der Waals surface area contributed by atoms with Crippen molar-refractivity contribution in [2.45, 2.75) is 13.0 Å². The third-order valence-electron chi connectivity index (χ3n) is 2.39. The molecule has 6 heteroatoms. The largest absolute Gasteiger partial charge is 0.497 e. The van der Waals surface area contributed by atoms with E-state index in [0.717, 1.165) is 10.9 Å². The molecule has 0 spiro atoms. The highest BCUT2D eigenvalue weighted by Crippen LogP contribution is 2.22. The van der Waals surface area contributed by atoms with Crippen LogP contribution >= 0.6 is 23.6 Å². The molecule has 17 heavy (non-hydrogen) atoms. The van der Waals surface area contributed by atoms with Crippen molar-refractivity contribution in [2.75, 3.05) is 12.4 Å². The number of hydrogen-bond acceptors (Lipinski definition) is 5. The topological polar surface area (TPSA) is 49.9 Å². The Morgan fingerprint density at radius 3 is 2.65 bits per heavy atom. The van der Waals surface area contributed by atoms with Crippen LogP contribution in [0.4, 0.5) is 5.13 Å². The van der Waals surface area contributed by atoms with Gasteiger partial charge in [-0.2, -0.15) is 0 Å². The zero-order valence-electron chi connectivity index (χ0n) is 9.56. The minimum atomic E-state index is 0.176. The van der Waals surface area contributed by atoms with Gasteiger partial charge in [-0.1, -0.05) is 23.5 Å². The molecular weight excluding hydrogens is 254 g/mol. The first-order chi connectivity index (χ1) is 8.19. The van der Waals surface area contributed by atoms with Crippen LogP contribution in [0.25, 0.3) is 0 Å². The maximum Gasteiger partial charge on any atom is 0.204 e. The third kappa shape index (κ3) is 3.04. The van der Waals surface area contributed by atoms with E-state index in [2.05, 4.69) is 22.4 Å². The molecule has 90 valence electrons. The molecule has 1 heterocycles. The number of rotatable bonds is 4. The number of hydrogen-bond donors (Lipinski definition) is 2. The molecule has 0 amide bonds. The standard InChI is InChI=1S/C11H13N3OS2/c1-7(12-10-13-14-11(16)17-10)8-3-5-9(15-2)6-4-8/h3-7H,1-2H3,(H,12,13)(H,14,16). The fourth-order valence-electron chi connectivity index (χ4n) is 1.45. The summed E-state index contributed by atoms with van der Waals surface area (Å²) in [4.78, 5) is 0. The summed E-state index contributed by atoms with van der Waals surface area (Å²) in [6.45, 7) is 2.08. The van der Waals surface area contributed by atoms with Gasteiger partial charge < -0.3 is 10.1 Å². The summed E-state index contributed by atoms with van der Waals surface area (Å²) in [5, 5.41) is 10.9. The Bertz CT molecular complexity index is 532. The van der Waals surface area contributed by atoms with Gasteiger partial charge in [-0.05, 0) is 36.8 Å². The first-order valence-electron chi connectivity index (χ1n) is 5.15. The Labute approximate surface area is 109 Å². The molecular formula is C11H13N3OS2. The number of benzene rings is 1. The van der Waals surface area contributed by atoms with Crippen molar-refractivity contribution in [3.8, 4) is 5.75 Å². The molecule has 0 radical (unpaired) electrons. The highest BCUT2D eigenvalue weighted by atomic mass is 32.1. The van der Waals surface area contributed by atoms with Crippen molar-refractivity contribution in [3.63, 3.8) is 0 Å². The molecule has 0 aliphatic rings. The lowest BCUT2D eigenvalue weighted by Gasteiger charge is -2.13. The van der Waals surface area contributed by atoms with Crippen LogP contribution < -0.4 is 10.1 Å². The van der Waals surface area contributed by atoms with Crippen molar-refractivity contribution in [1.29, 1.82) is 0 Å². The van der Waals surface area contributed by atoms with E-state index in [-0.39, 0.29) is 6.04 Å². The summed E-state index contributed by atoms with van der Waals surface area (Å²) < 4.78 is 5.80. The van der Waals surface area contributed by atoms with Crippen LogP contribution in [0.5, 0.6) is 5.75 Å². The summed E-state index contributed by atoms with van der Waals surface area (Å²) in [6, 6.07) is 8.13. The van der Waals surface area contributed by atoms with Crippen molar-refractivity contribution in [2.24, 2.45) is 0 Å². The van der Waals surface area contributed by atoms with E-state index >= 15 is 0 Å². The van der Waals surface area contributed by atoms with Gasteiger partial charge in [-0.3, -0.25) is 5.10 Å². The van der Waals surface area contributed by atoms with Crippen molar-refractivity contribution in [3.05, 3.63) is 33.8 Å². The van der Waals surface area contributed by atoms with Gasteiger partial charge in [-0.15, -0.1) is 5.10 Å². The third-order valence-corrected chi connectivity index (χ3v) is 3.41. The van der Waals surface area contributed by atoms with Crippen LogP contribution in [0, 0.1) is 3.95 Å². The van der Waals surface area contributed by atoms with Crippen LogP contribution in [-0.4, -0.2) is 17.3 Å². The molecule has 1 aromatic carbocycles. The maximum absolute atomic E-state index is 5.12. The Kier molecular flexibility index (Phi) is 3.75. The number of aromatic nitrogens is 2. The van der Waals surface area contributed by atoms with E-state index in [4.69, 9.17) is 17.0 Å². The summed E-state index contributed by atoms with van der Waals surface area (Å²) in [7, 11) is 1.66. The smallest absolute Gasteiger partial charge is 0.204 e. The minimum absolute atomic E-state index is 0.176. The first-order valence-corrected chi connectivity index (χ1v) is 6.37. The van der Waals surface area contributed by atoms with E-state index in [0.29, 0.717) is 3.95 Å². The lowest BCUT2D eigenvalue weighted by Crippen LogP contribution is -2.06. The van der Waals surface area contributed by atoms with Gasteiger partial charge in [0.25, 0.3) is 0 Å². The van der Waals surface area contributed by atoms with Gasteiger partial charge in [0.1, 0.15) is 5.75 Å². The maximum atomic E-state index is 5.12. The molecule has 0 aliphatic carbocycles. The Morgan fingerprint density at radius 2 is 2.12 bits per heavy atom. The number of nitrogens with one attached hydrogen (secondary N) is 2. The van der Waals surface area contributed by atoms with Crippen molar-refractivity contribution >= 4 is 28.7 Å². The lowest BCUT2D eigenvalue weighted by molar-refractivity contribution is 0.414. The van der Waals surface area contributed by atoms with Gasteiger partial charge in [0.05, 0.1) is 13.2 Å². The molecule has 0 aliphatic heterocycles. The van der Waals surface area contributed by atoms with E-state index in [1.807, 2.05) is 24.3 Å². The first kappa shape index (κ1) is 12.1. The highest BCUT2D eigenvalue weighted by molar-refractivity contribution is 7.73. The fraction of sp³-hybridized carbons (Fsp3) is 0.273. The van der Waals surface area contributed by atoms with Gasteiger partial charge in [0, 0.05) is 0 Å². The molecule has 0 fully saturated rings. The van der Waals surface area contributed by atoms with Gasteiger partial charge in [-0.25, -0.2) is 0 Å². The van der Waals surface area contributed by atoms with Gasteiger partial charge >= 0.3 is 0 Å². The predicted molar refractivity (Wildman–Crippen MR) is 72.3 cm³/mol. The van der Waals surface area contributed by atoms with Gasteiger partial charge in [0.2, 0.25) is 5.13 Å². The second-order valence-electron chi connectivity index (χ2n) is 3.56. The van der Waals surface area contributed by atoms with E-state index in [1.165, 1.54) is 16.9 Å². The molecule has 0 bridgehead atoms. The molecule has 0 saturated heterocycles. The van der Waals surface area contributed by atoms with Crippen molar-refractivity contribution in [1.82, 2.24) is 10.2 Å². The zero-order chi connectivity index (χ0) is 12.3.